The number of thioether (sulfide) groups is 1. The second-order valence-corrected chi connectivity index (χ2v) is 9.18. The van der Waals surface area contributed by atoms with Gasteiger partial charge in [0.05, 0.1) is 30.8 Å². The Labute approximate surface area is 196 Å². The standard InChI is InChI=1S/C22H27ClN6O2S/c1-3-32-22-26-19(28-10-5-4-6-11-28)17-14-25-29(20(17)27-22)12-9-24-21(30)16-13-15(23)7-8-18(16)31-2/h7-8,13-14H,3-6,9-12H2,1-2H3,(H,24,30). The first-order valence-electron chi connectivity index (χ1n) is 10.8. The molecule has 1 aliphatic heterocycles. The van der Waals surface area contributed by atoms with E-state index < -0.39 is 0 Å². The van der Waals surface area contributed by atoms with Crippen LogP contribution in [0.3, 0.4) is 0 Å². The number of halogens is 1. The van der Waals surface area contributed by atoms with Crippen LogP contribution in [0.15, 0.2) is 29.6 Å². The molecule has 1 amide bonds. The number of fused-ring (bicyclic) bond motifs is 1. The van der Waals surface area contributed by atoms with E-state index in [2.05, 4.69) is 22.2 Å². The van der Waals surface area contributed by atoms with E-state index in [0.29, 0.717) is 29.4 Å². The molecule has 0 bridgehead atoms. The average molecular weight is 475 g/mol. The Hall–Kier alpha value is -2.52. The number of nitrogens with zero attached hydrogens (tertiary/aromatic N) is 5. The molecule has 3 heterocycles. The fourth-order valence-electron chi connectivity index (χ4n) is 3.85. The molecule has 2 aromatic heterocycles. The summed E-state index contributed by atoms with van der Waals surface area (Å²) in [5.74, 6) is 2.10. The number of anilines is 1. The number of carbonyl (C=O) groups excluding carboxylic acids is 1. The highest BCUT2D eigenvalue weighted by molar-refractivity contribution is 7.99. The second-order valence-electron chi connectivity index (χ2n) is 7.52. The largest absolute Gasteiger partial charge is 0.496 e. The number of hydrogen-bond donors (Lipinski definition) is 1. The average Bonchev–Trinajstić information content (AvgIpc) is 3.22. The molecule has 8 nitrogen and oxygen atoms in total. The van der Waals surface area contributed by atoms with Crippen molar-refractivity contribution in [2.45, 2.75) is 37.9 Å². The zero-order valence-corrected chi connectivity index (χ0v) is 19.9. The number of ether oxygens (including phenoxy) is 1. The summed E-state index contributed by atoms with van der Waals surface area (Å²) >= 11 is 7.67. The Morgan fingerprint density at radius 1 is 1.25 bits per heavy atom. The van der Waals surface area contributed by atoms with Gasteiger partial charge in [0.15, 0.2) is 10.8 Å². The summed E-state index contributed by atoms with van der Waals surface area (Å²) in [7, 11) is 1.53. The lowest BCUT2D eigenvalue weighted by atomic mass is 10.1. The monoisotopic (exact) mass is 474 g/mol. The number of carbonyl (C=O) groups is 1. The van der Waals surface area contributed by atoms with Crippen LogP contribution in [0, 0.1) is 0 Å². The van der Waals surface area contributed by atoms with E-state index in [-0.39, 0.29) is 5.91 Å². The van der Waals surface area contributed by atoms with Crippen molar-refractivity contribution >= 4 is 46.1 Å². The predicted octanol–water partition coefficient (Wildman–Crippen LogP) is 4.02. The fraction of sp³-hybridized carbons (Fsp3) is 0.455. The number of hydrogen-bond acceptors (Lipinski definition) is 7. The third-order valence-electron chi connectivity index (χ3n) is 5.40. The number of nitrogens with one attached hydrogen (secondary N) is 1. The minimum Gasteiger partial charge on any atom is -0.496 e. The maximum atomic E-state index is 12.7. The van der Waals surface area contributed by atoms with Gasteiger partial charge in [0.2, 0.25) is 0 Å². The number of aromatic nitrogens is 4. The molecule has 10 heteroatoms. The van der Waals surface area contributed by atoms with E-state index >= 15 is 0 Å². The molecular weight excluding hydrogens is 448 g/mol. The molecule has 4 rings (SSSR count). The van der Waals surface area contributed by atoms with Gasteiger partial charge in [-0.1, -0.05) is 30.3 Å². The van der Waals surface area contributed by atoms with Crippen LogP contribution in [0.2, 0.25) is 5.02 Å². The molecule has 1 N–H and O–H groups in total. The number of amides is 1. The molecule has 170 valence electrons. The number of piperidine rings is 1. The zero-order valence-electron chi connectivity index (χ0n) is 18.3. The molecule has 32 heavy (non-hydrogen) atoms. The van der Waals surface area contributed by atoms with Gasteiger partial charge < -0.3 is 15.0 Å². The van der Waals surface area contributed by atoms with E-state index in [4.69, 9.17) is 26.3 Å². The minimum absolute atomic E-state index is 0.244. The molecule has 1 aromatic carbocycles. The van der Waals surface area contributed by atoms with Crippen LogP contribution >= 0.6 is 23.4 Å². The van der Waals surface area contributed by atoms with Crippen molar-refractivity contribution in [1.29, 1.82) is 0 Å². The van der Waals surface area contributed by atoms with Crippen molar-refractivity contribution in [3.63, 3.8) is 0 Å². The van der Waals surface area contributed by atoms with E-state index in [1.54, 1.807) is 30.0 Å². The molecular formula is C22H27ClN6O2S. The Kier molecular flexibility index (Phi) is 7.36. The molecule has 1 saturated heterocycles. The Morgan fingerprint density at radius 3 is 2.81 bits per heavy atom. The van der Waals surface area contributed by atoms with E-state index in [1.807, 2.05) is 10.9 Å². The highest BCUT2D eigenvalue weighted by atomic mass is 35.5. The van der Waals surface area contributed by atoms with Gasteiger partial charge in [-0.15, -0.1) is 0 Å². The summed E-state index contributed by atoms with van der Waals surface area (Å²) in [5.41, 5.74) is 1.20. The second kappa shape index (κ2) is 10.4. The molecule has 0 radical (unpaired) electrons. The highest BCUT2D eigenvalue weighted by Crippen LogP contribution is 2.29. The predicted molar refractivity (Wildman–Crippen MR) is 128 cm³/mol. The van der Waals surface area contributed by atoms with Crippen molar-refractivity contribution in [2.24, 2.45) is 0 Å². The maximum Gasteiger partial charge on any atom is 0.255 e. The summed E-state index contributed by atoms with van der Waals surface area (Å²) in [5, 5.41) is 9.67. The summed E-state index contributed by atoms with van der Waals surface area (Å²) in [6, 6.07) is 4.98. The topological polar surface area (TPSA) is 85.2 Å². The lowest BCUT2D eigenvalue weighted by molar-refractivity contribution is 0.0949. The molecule has 0 aliphatic carbocycles. The smallest absolute Gasteiger partial charge is 0.255 e. The maximum absolute atomic E-state index is 12.7. The number of rotatable bonds is 8. The minimum atomic E-state index is -0.244. The molecule has 0 saturated carbocycles. The van der Waals surface area contributed by atoms with Gasteiger partial charge >= 0.3 is 0 Å². The first kappa shape index (κ1) is 22.7. The normalized spacial score (nSPS) is 14.0. The molecule has 1 aliphatic rings. The van der Waals surface area contributed by atoms with Gasteiger partial charge in [-0.05, 0) is 43.2 Å². The van der Waals surface area contributed by atoms with Gasteiger partial charge in [-0.25, -0.2) is 14.6 Å². The van der Waals surface area contributed by atoms with Gasteiger partial charge in [-0.2, -0.15) is 5.10 Å². The van der Waals surface area contributed by atoms with E-state index in [0.717, 1.165) is 40.9 Å². The van der Waals surface area contributed by atoms with Crippen molar-refractivity contribution in [3.8, 4) is 5.75 Å². The SMILES string of the molecule is CCSc1nc(N2CCCCC2)c2cnn(CCNC(=O)c3cc(Cl)ccc3OC)c2n1. The van der Waals surface area contributed by atoms with Crippen LogP contribution in [-0.4, -0.2) is 58.2 Å². The van der Waals surface area contributed by atoms with E-state index in [1.165, 1.54) is 26.4 Å². The van der Waals surface area contributed by atoms with E-state index in [9.17, 15) is 4.79 Å². The van der Waals surface area contributed by atoms with Crippen LogP contribution in [0.25, 0.3) is 11.0 Å². The van der Waals surface area contributed by atoms with Crippen molar-refractivity contribution in [3.05, 3.63) is 35.0 Å². The summed E-state index contributed by atoms with van der Waals surface area (Å²) in [6.45, 7) is 4.99. The summed E-state index contributed by atoms with van der Waals surface area (Å²) in [6.07, 6.45) is 5.45. The quantitative estimate of drug-likeness (QED) is 0.389. The molecule has 0 unspecified atom stereocenters. The zero-order chi connectivity index (χ0) is 22.5. The van der Waals surface area contributed by atoms with Gasteiger partial charge in [0, 0.05) is 24.7 Å². The Morgan fingerprint density at radius 2 is 2.06 bits per heavy atom. The molecule has 3 aromatic rings. The third kappa shape index (κ3) is 4.94. The van der Waals surface area contributed by atoms with Gasteiger partial charge in [0.25, 0.3) is 5.91 Å². The first-order valence-corrected chi connectivity index (χ1v) is 12.2. The lowest BCUT2D eigenvalue weighted by Crippen LogP contribution is -2.30. The molecule has 0 atom stereocenters. The van der Waals surface area contributed by atoms with Crippen molar-refractivity contribution < 1.29 is 9.53 Å². The first-order chi connectivity index (χ1) is 15.6. The van der Waals surface area contributed by atoms with Crippen LogP contribution in [0.1, 0.15) is 36.5 Å². The summed E-state index contributed by atoms with van der Waals surface area (Å²) in [4.78, 5) is 24.6. The van der Waals surface area contributed by atoms with Crippen LogP contribution in [0.5, 0.6) is 5.75 Å². The number of benzene rings is 1. The lowest BCUT2D eigenvalue weighted by Gasteiger charge is -2.28. The van der Waals surface area contributed by atoms with Crippen LogP contribution in [-0.2, 0) is 6.54 Å². The van der Waals surface area contributed by atoms with Crippen molar-refractivity contribution in [1.82, 2.24) is 25.1 Å². The Balaban J connectivity index is 1.53. The fourth-order valence-corrected chi connectivity index (χ4v) is 4.59. The Bertz CT molecular complexity index is 1100. The molecule has 0 spiro atoms. The number of methoxy groups -OCH3 is 1. The van der Waals surface area contributed by atoms with Gasteiger partial charge in [0.1, 0.15) is 11.6 Å². The third-order valence-corrected chi connectivity index (χ3v) is 6.36. The van der Waals surface area contributed by atoms with Gasteiger partial charge in [-0.3, -0.25) is 4.79 Å². The van der Waals surface area contributed by atoms with Crippen molar-refractivity contribution in [2.75, 3.05) is 37.4 Å². The summed E-state index contributed by atoms with van der Waals surface area (Å²) < 4.78 is 7.11. The highest BCUT2D eigenvalue weighted by Gasteiger charge is 2.20. The van der Waals surface area contributed by atoms with Crippen LogP contribution in [0.4, 0.5) is 5.82 Å². The van der Waals surface area contributed by atoms with Crippen LogP contribution < -0.4 is 15.0 Å². The molecule has 1 fully saturated rings.